The summed E-state index contributed by atoms with van der Waals surface area (Å²) in [5, 5.41) is 9.99. The zero-order chi connectivity index (χ0) is 32.2. The summed E-state index contributed by atoms with van der Waals surface area (Å²) in [6, 6.07) is 3.59. The molecule has 2 fully saturated rings. The molecule has 2 aliphatic rings. The minimum Gasteiger partial charge on any atom is -0.481 e. The number of aryl methyl sites for hydroxylation is 2. The van der Waals surface area contributed by atoms with Crippen molar-refractivity contribution in [1.82, 2.24) is 14.8 Å². The van der Waals surface area contributed by atoms with Crippen molar-refractivity contribution in [3.63, 3.8) is 0 Å². The Morgan fingerprint density at radius 3 is 2.14 bits per heavy atom. The lowest BCUT2D eigenvalue weighted by molar-refractivity contribution is -0.169. The van der Waals surface area contributed by atoms with Crippen molar-refractivity contribution in [2.24, 2.45) is 5.73 Å². The van der Waals surface area contributed by atoms with Crippen molar-refractivity contribution in [3.8, 4) is 5.75 Å². The number of nitrogens with two attached hydrogens (primary N) is 1. The Labute approximate surface area is 255 Å². The van der Waals surface area contributed by atoms with Crippen LogP contribution in [0.1, 0.15) is 79.0 Å². The van der Waals surface area contributed by atoms with Gasteiger partial charge >= 0.3 is 18.0 Å². The SMILES string of the molecule is CCOC(=O)N1CCN(C(=O)C(CCC(=O)O)c2nc3cc(C)c(C)cc3c(OC3(C(=O)OCC)CCC3)c2C(N)=O)CC1. The number of ether oxygens (including phenoxy) is 3. The van der Waals surface area contributed by atoms with Crippen LogP contribution in [0.3, 0.4) is 0 Å². The summed E-state index contributed by atoms with van der Waals surface area (Å²) in [5.74, 6) is -4.22. The fourth-order valence-corrected chi connectivity index (χ4v) is 5.60. The van der Waals surface area contributed by atoms with E-state index in [2.05, 4.69) is 0 Å². The number of hydrogen-bond donors (Lipinski definition) is 2. The van der Waals surface area contributed by atoms with Crippen LogP contribution in [-0.4, -0.2) is 94.7 Å². The molecule has 1 atom stereocenters. The molecular weight excluding hydrogens is 572 g/mol. The Morgan fingerprint density at radius 1 is 0.977 bits per heavy atom. The predicted molar refractivity (Wildman–Crippen MR) is 158 cm³/mol. The molecule has 44 heavy (non-hydrogen) atoms. The first-order valence-electron chi connectivity index (χ1n) is 15.0. The van der Waals surface area contributed by atoms with Gasteiger partial charge in [0.2, 0.25) is 11.5 Å². The molecule has 238 valence electrons. The molecule has 1 aromatic carbocycles. The monoisotopic (exact) mass is 612 g/mol. The zero-order valence-electron chi connectivity index (χ0n) is 25.6. The molecule has 0 bridgehead atoms. The smallest absolute Gasteiger partial charge is 0.409 e. The number of carboxylic acids is 1. The van der Waals surface area contributed by atoms with E-state index in [-0.39, 0.29) is 69.2 Å². The standard InChI is InChI=1S/C31H40N4O9/c1-5-42-29(40)31(10-7-11-31)44-26-21-16-18(3)19(4)17-22(21)33-25(24(26)27(32)38)20(8-9-23(36)37)28(39)34-12-14-35(15-13-34)30(41)43-6-2/h16-17,20H,5-15H2,1-4H3,(H2,32,38)(H,36,37). The maximum atomic E-state index is 14.1. The van der Waals surface area contributed by atoms with Gasteiger partial charge in [-0.1, -0.05) is 0 Å². The van der Waals surface area contributed by atoms with E-state index in [1.807, 2.05) is 13.8 Å². The molecule has 13 heteroatoms. The number of fused-ring (bicyclic) bond motifs is 1. The zero-order valence-corrected chi connectivity index (χ0v) is 25.6. The van der Waals surface area contributed by atoms with E-state index in [0.29, 0.717) is 30.2 Å². The molecule has 1 aliphatic carbocycles. The molecule has 0 radical (unpaired) electrons. The number of carbonyl (C=O) groups is 5. The number of carboxylic acid groups (broad SMARTS) is 1. The van der Waals surface area contributed by atoms with Gasteiger partial charge in [-0.25, -0.2) is 9.59 Å². The molecule has 4 rings (SSSR count). The number of carbonyl (C=O) groups excluding carboxylic acids is 4. The van der Waals surface area contributed by atoms with Gasteiger partial charge in [0.05, 0.1) is 30.3 Å². The van der Waals surface area contributed by atoms with Crippen LogP contribution < -0.4 is 10.5 Å². The van der Waals surface area contributed by atoms with Gasteiger partial charge in [-0.05, 0) is 76.6 Å². The van der Waals surface area contributed by atoms with Crippen LogP contribution in [-0.2, 0) is 23.9 Å². The van der Waals surface area contributed by atoms with E-state index in [4.69, 9.17) is 24.9 Å². The lowest BCUT2D eigenvalue weighted by atomic mass is 9.79. The number of aromatic nitrogens is 1. The number of piperazine rings is 1. The average Bonchev–Trinajstić information content (AvgIpc) is 2.95. The number of primary amides is 1. The lowest BCUT2D eigenvalue weighted by Crippen LogP contribution is -2.52. The molecule has 0 spiro atoms. The molecule has 1 saturated carbocycles. The highest BCUT2D eigenvalue weighted by Crippen LogP contribution is 2.44. The van der Waals surface area contributed by atoms with Crippen molar-refractivity contribution >= 4 is 40.7 Å². The summed E-state index contributed by atoms with van der Waals surface area (Å²) >= 11 is 0. The van der Waals surface area contributed by atoms with Gasteiger partial charge in [0.15, 0.2) is 0 Å². The number of nitrogens with zero attached hydrogens (tertiary/aromatic N) is 3. The van der Waals surface area contributed by atoms with E-state index in [1.165, 1.54) is 9.80 Å². The molecule has 1 unspecified atom stereocenters. The summed E-state index contributed by atoms with van der Waals surface area (Å²) in [6.45, 7) is 8.33. The average molecular weight is 613 g/mol. The van der Waals surface area contributed by atoms with Gasteiger partial charge in [-0.3, -0.25) is 19.4 Å². The Hall–Kier alpha value is -4.42. The summed E-state index contributed by atoms with van der Waals surface area (Å²) < 4.78 is 16.8. The maximum Gasteiger partial charge on any atom is 0.409 e. The minimum absolute atomic E-state index is 0.0133. The number of rotatable bonds is 11. The Balaban J connectivity index is 1.85. The quantitative estimate of drug-likeness (QED) is 0.358. The Morgan fingerprint density at radius 2 is 1.59 bits per heavy atom. The first kappa shape index (κ1) is 32.5. The normalized spacial score (nSPS) is 16.5. The Kier molecular flexibility index (Phi) is 9.95. The first-order valence-corrected chi connectivity index (χ1v) is 15.0. The summed E-state index contributed by atoms with van der Waals surface area (Å²) in [4.78, 5) is 72.1. The van der Waals surface area contributed by atoms with Gasteiger partial charge in [-0.2, -0.15) is 0 Å². The number of amides is 3. The molecule has 2 heterocycles. The highest BCUT2D eigenvalue weighted by Gasteiger charge is 2.49. The highest BCUT2D eigenvalue weighted by molar-refractivity contribution is 6.05. The van der Waals surface area contributed by atoms with Crippen LogP contribution in [0.2, 0.25) is 0 Å². The van der Waals surface area contributed by atoms with Crippen LogP contribution in [0.4, 0.5) is 4.79 Å². The lowest BCUT2D eigenvalue weighted by Gasteiger charge is -2.40. The summed E-state index contributed by atoms with van der Waals surface area (Å²) in [6.07, 6.45) is 0.398. The molecule has 1 aliphatic heterocycles. The third-order valence-corrected chi connectivity index (χ3v) is 8.33. The summed E-state index contributed by atoms with van der Waals surface area (Å²) in [5.41, 5.74) is 6.61. The van der Waals surface area contributed by atoms with Crippen molar-refractivity contribution in [2.75, 3.05) is 39.4 Å². The van der Waals surface area contributed by atoms with E-state index in [1.54, 1.807) is 26.0 Å². The van der Waals surface area contributed by atoms with Crippen LogP contribution in [0.15, 0.2) is 12.1 Å². The summed E-state index contributed by atoms with van der Waals surface area (Å²) in [7, 11) is 0. The van der Waals surface area contributed by atoms with Gasteiger partial charge < -0.3 is 34.9 Å². The molecular formula is C31H40N4O9. The third-order valence-electron chi connectivity index (χ3n) is 8.33. The van der Waals surface area contributed by atoms with Crippen molar-refractivity contribution < 1.29 is 43.3 Å². The van der Waals surface area contributed by atoms with Crippen molar-refractivity contribution in [2.45, 2.75) is 71.3 Å². The number of benzene rings is 1. The van der Waals surface area contributed by atoms with E-state index >= 15 is 0 Å². The fourth-order valence-electron chi connectivity index (χ4n) is 5.60. The predicted octanol–water partition coefficient (Wildman–Crippen LogP) is 3.06. The van der Waals surface area contributed by atoms with E-state index < -0.39 is 41.4 Å². The molecule has 3 amide bonds. The van der Waals surface area contributed by atoms with Crippen LogP contribution in [0.5, 0.6) is 5.75 Å². The number of pyridine rings is 1. The molecule has 13 nitrogen and oxygen atoms in total. The van der Waals surface area contributed by atoms with E-state index in [0.717, 1.165) is 11.1 Å². The third kappa shape index (κ3) is 6.56. The van der Waals surface area contributed by atoms with Gasteiger partial charge in [0.25, 0.3) is 5.91 Å². The van der Waals surface area contributed by atoms with Gasteiger partial charge in [-0.15, -0.1) is 0 Å². The van der Waals surface area contributed by atoms with E-state index in [9.17, 15) is 29.1 Å². The highest BCUT2D eigenvalue weighted by atomic mass is 16.6. The molecule has 3 N–H and O–H groups in total. The topological polar surface area (TPSA) is 179 Å². The van der Waals surface area contributed by atoms with Crippen LogP contribution in [0, 0.1) is 13.8 Å². The number of aliphatic carboxylic acids is 1. The second-order valence-electron chi connectivity index (χ2n) is 11.2. The molecule has 1 saturated heterocycles. The van der Waals surface area contributed by atoms with Crippen molar-refractivity contribution in [3.05, 3.63) is 34.5 Å². The van der Waals surface area contributed by atoms with Crippen molar-refractivity contribution in [1.29, 1.82) is 0 Å². The van der Waals surface area contributed by atoms with Crippen LogP contribution >= 0.6 is 0 Å². The Bertz CT molecular complexity index is 1460. The van der Waals surface area contributed by atoms with Gasteiger partial charge in [0.1, 0.15) is 11.3 Å². The number of esters is 1. The minimum atomic E-state index is -1.34. The molecule has 2 aromatic rings. The number of hydrogen-bond acceptors (Lipinski definition) is 9. The second-order valence-corrected chi connectivity index (χ2v) is 11.2. The van der Waals surface area contributed by atoms with Gasteiger partial charge in [0, 0.05) is 38.0 Å². The molecule has 1 aromatic heterocycles. The fraction of sp³-hybridized carbons (Fsp3) is 0.548. The second kappa shape index (κ2) is 13.5. The maximum absolute atomic E-state index is 14.1. The first-order chi connectivity index (χ1) is 20.9. The largest absolute Gasteiger partial charge is 0.481 e. The van der Waals surface area contributed by atoms with Crippen LogP contribution in [0.25, 0.3) is 10.9 Å².